The van der Waals surface area contributed by atoms with Crippen LogP contribution >= 0.6 is 0 Å². The Bertz CT molecular complexity index is 3300. The maximum atomic E-state index is 12.8. The maximum absolute atomic E-state index is 12.8. The van der Waals surface area contributed by atoms with Crippen LogP contribution in [0.3, 0.4) is 0 Å². The molecule has 0 saturated carbocycles. The Balaban J connectivity index is 1.38. The van der Waals surface area contributed by atoms with Crippen LogP contribution in [0.1, 0.15) is 131 Å². The predicted octanol–water partition coefficient (Wildman–Crippen LogP) is 17.2. The van der Waals surface area contributed by atoms with Crippen molar-refractivity contribution in [2.45, 2.75) is 150 Å². The number of benzene rings is 6. The molecule has 2 aromatic heterocycles. The van der Waals surface area contributed by atoms with E-state index < -0.39 is 8.07 Å². The Morgan fingerprint density at radius 2 is 1.20 bits per heavy atom. The van der Waals surface area contributed by atoms with E-state index in [9.17, 15) is 5.11 Å². The lowest BCUT2D eigenvalue weighted by atomic mass is 9.79. The standard InChI is InChI=1S/C65H75N3OSi/c1-61(2,3)46-26-28-55(50(38-46)43-25-27-52-57(37-43)70(15,16)32-30-65(52,13)14)68-56-24-20-23-49(58(56)67-60(68)51-39-48(63(7,8)9)40-53(59(51)69)64(10,11)12)44-33-45(35-47(34-44)62(4,5)6)54-36-42(29-31-66-54)41-21-18-17-19-22-41/h17-29,31,33-40,69H,30,32H2,1-16H3. The van der Waals surface area contributed by atoms with Crippen LogP contribution in [0.25, 0.3) is 72.7 Å². The van der Waals surface area contributed by atoms with Gasteiger partial charge in [0, 0.05) is 28.5 Å². The predicted molar refractivity (Wildman–Crippen MR) is 302 cm³/mol. The van der Waals surface area contributed by atoms with Crippen LogP contribution in [0.15, 0.2) is 134 Å². The number of phenolic OH excluding ortho intramolecular Hbond substituents is 1. The zero-order chi connectivity index (χ0) is 50.5. The number of aromatic nitrogens is 3. The molecule has 3 heterocycles. The molecule has 0 saturated heterocycles. The molecule has 6 aromatic carbocycles. The highest BCUT2D eigenvalue weighted by Crippen LogP contribution is 2.47. The van der Waals surface area contributed by atoms with Crippen LogP contribution in [0, 0.1) is 0 Å². The lowest BCUT2D eigenvalue weighted by Crippen LogP contribution is -2.51. The van der Waals surface area contributed by atoms with E-state index in [1.54, 1.807) is 5.19 Å². The van der Waals surface area contributed by atoms with E-state index in [4.69, 9.17) is 9.97 Å². The molecule has 1 N–H and O–H groups in total. The smallest absolute Gasteiger partial charge is 0.149 e. The number of pyridine rings is 1. The molecule has 0 spiro atoms. The molecule has 0 unspecified atom stereocenters. The van der Waals surface area contributed by atoms with Gasteiger partial charge in [-0.25, -0.2) is 4.98 Å². The molecule has 0 radical (unpaired) electrons. The zero-order valence-electron chi connectivity index (χ0n) is 44.9. The van der Waals surface area contributed by atoms with Crippen LogP contribution in [0.5, 0.6) is 5.75 Å². The Labute approximate surface area is 420 Å². The summed E-state index contributed by atoms with van der Waals surface area (Å²) in [7, 11) is -1.73. The van der Waals surface area contributed by atoms with Gasteiger partial charge in [-0.15, -0.1) is 0 Å². The molecule has 0 fully saturated rings. The third-order valence-corrected chi connectivity index (χ3v) is 18.6. The Hall–Kier alpha value is -6.04. The number of imidazole rings is 1. The minimum absolute atomic E-state index is 0.0866. The minimum Gasteiger partial charge on any atom is -0.507 e. The van der Waals surface area contributed by atoms with Crippen molar-refractivity contribution in [2.24, 2.45) is 0 Å². The van der Waals surface area contributed by atoms with Crippen LogP contribution < -0.4 is 5.19 Å². The molecule has 1 aliphatic heterocycles. The average molecular weight is 942 g/mol. The molecule has 360 valence electrons. The van der Waals surface area contributed by atoms with Crippen molar-refractivity contribution in [3.8, 4) is 67.5 Å². The average Bonchev–Trinajstić information content (AvgIpc) is 3.68. The van der Waals surface area contributed by atoms with Gasteiger partial charge in [0.15, 0.2) is 0 Å². The first-order chi connectivity index (χ1) is 32.6. The molecule has 0 bridgehead atoms. The van der Waals surface area contributed by atoms with E-state index in [-0.39, 0.29) is 32.8 Å². The highest BCUT2D eigenvalue weighted by atomic mass is 28.3. The second kappa shape index (κ2) is 17.1. The molecule has 5 heteroatoms. The second-order valence-electron chi connectivity index (χ2n) is 25.7. The van der Waals surface area contributed by atoms with Gasteiger partial charge in [0.05, 0.1) is 36.1 Å². The summed E-state index contributed by atoms with van der Waals surface area (Å²) in [5.41, 5.74) is 17.9. The summed E-state index contributed by atoms with van der Waals surface area (Å²) >= 11 is 0. The van der Waals surface area contributed by atoms with E-state index in [2.05, 4.69) is 242 Å². The lowest BCUT2D eigenvalue weighted by molar-refractivity contribution is 0.446. The van der Waals surface area contributed by atoms with Crippen LogP contribution in [0.2, 0.25) is 19.1 Å². The summed E-state index contributed by atoms with van der Waals surface area (Å²) in [6.45, 7) is 37.0. The van der Waals surface area contributed by atoms with Crippen LogP contribution in [0.4, 0.5) is 0 Å². The Morgan fingerprint density at radius 3 is 1.87 bits per heavy atom. The Kier molecular flexibility index (Phi) is 11.9. The lowest BCUT2D eigenvalue weighted by Gasteiger charge is -2.41. The first-order valence-electron chi connectivity index (χ1n) is 25.5. The zero-order valence-corrected chi connectivity index (χ0v) is 45.9. The summed E-state index contributed by atoms with van der Waals surface area (Å²) in [6.07, 6.45) is 3.15. The number of fused-ring (bicyclic) bond motifs is 2. The molecule has 4 nitrogen and oxygen atoms in total. The summed E-state index contributed by atoms with van der Waals surface area (Å²) in [4.78, 5) is 10.8. The molecular formula is C65H75N3OSi. The quantitative estimate of drug-likeness (QED) is 0.169. The largest absolute Gasteiger partial charge is 0.507 e. The molecule has 0 amide bonds. The van der Waals surface area contributed by atoms with E-state index in [1.165, 1.54) is 40.3 Å². The van der Waals surface area contributed by atoms with Crippen molar-refractivity contribution in [1.82, 2.24) is 14.5 Å². The van der Waals surface area contributed by atoms with E-state index in [0.29, 0.717) is 0 Å². The first-order valence-corrected chi connectivity index (χ1v) is 28.7. The molecule has 0 aliphatic carbocycles. The number of aromatic hydroxyl groups is 1. The molecule has 1 aliphatic rings. The number of hydrogen-bond donors (Lipinski definition) is 1. The third-order valence-electron chi connectivity index (χ3n) is 15.3. The second-order valence-corrected chi connectivity index (χ2v) is 30.5. The van der Waals surface area contributed by atoms with Crippen molar-refractivity contribution < 1.29 is 5.11 Å². The van der Waals surface area contributed by atoms with Crippen LogP contribution in [-0.2, 0) is 27.1 Å². The summed E-state index contributed by atoms with van der Waals surface area (Å²) in [5, 5.41) is 14.3. The number of rotatable bonds is 6. The first kappa shape index (κ1) is 49.0. The number of para-hydroxylation sites is 1. The van der Waals surface area contributed by atoms with Gasteiger partial charge in [-0.05, 0) is 127 Å². The normalized spacial score (nSPS) is 15.0. The fourth-order valence-electron chi connectivity index (χ4n) is 10.5. The Morgan fingerprint density at radius 1 is 0.543 bits per heavy atom. The van der Waals surface area contributed by atoms with Crippen molar-refractivity contribution in [1.29, 1.82) is 0 Å². The van der Waals surface area contributed by atoms with Gasteiger partial charge in [0.25, 0.3) is 0 Å². The summed E-state index contributed by atoms with van der Waals surface area (Å²) < 4.78 is 2.36. The highest BCUT2D eigenvalue weighted by molar-refractivity contribution is 6.90. The SMILES string of the molecule is CC(C)(C)c1cc(-c2cc(-c3ccccc3)ccn2)cc(-c2cccc3c2nc(-c2cc(C(C)(C)C)cc(C(C)(C)C)c2O)n3-c2ccc(C(C)(C)C)cc2-c2ccc3c(c2)[Si](C)(C)CCC3(C)C)c1. The fraction of sp³-hybridized carbons (Fsp3) is 0.354. The topological polar surface area (TPSA) is 50.9 Å². The number of hydrogen-bond acceptors (Lipinski definition) is 3. The fourth-order valence-corrected chi connectivity index (χ4v) is 13.7. The van der Waals surface area contributed by atoms with Crippen LogP contribution in [-0.4, -0.2) is 27.7 Å². The van der Waals surface area contributed by atoms with Crippen molar-refractivity contribution >= 4 is 24.3 Å². The molecule has 70 heavy (non-hydrogen) atoms. The molecule has 9 rings (SSSR count). The van der Waals surface area contributed by atoms with Gasteiger partial charge < -0.3 is 5.11 Å². The van der Waals surface area contributed by atoms with Gasteiger partial charge in [-0.3, -0.25) is 9.55 Å². The maximum Gasteiger partial charge on any atom is 0.149 e. The summed E-state index contributed by atoms with van der Waals surface area (Å²) in [6, 6.07) is 48.5. The van der Waals surface area contributed by atoms with Gasteiger partial charge >= 0.3 is 0 Å². The minimum atomic E-state index is -1.73. The van der Waals surface area contributed by atoms with Gasteiger partial charge in [0.1, 0.15) is 11.6 Å². The van der Waals surface area contributed by atoms with E-state index in [0.717, 1.165) is 72.7 Å². The molecule has 0 atom stereocenters. The molecular weight excluding hydrogens is 867 g/mol. The van der Waals surface area contributed by atoms with Gasteiger partial charge in [-0.2, -0.15) is 0 Å². The van der Waals surface area contributed by atoms with Crippen molar-refractivity contribution in [2.75, 3.05) is 0 Å². The van der Waals surface area contributed by atoms with Crippen molar-refractivity contribution in [3.05, 3.63) is 161 Å². The molecule has 8 aromatic rings. The summed E-state index contributed by atoms with van der Waals surface area (Å²) in [5.74, 6) is 0.996. The van der Waals surface area contributed by atoms with Gasteiger partial charge in [0.2, 0.25) is 0 Å². The van der Waals surface area contributed by atoms with Crippen molar-refractivity contribution in [3.63, 3.8) is 0 Å². The number of nitrogens with zero attached hydrogens (tertiary/aromatic N) is 3. The van der Waals surface area contributed by atoms with E-state index >= 15 is 0 Å². The van der Waals surface area contributed by atoms with E-state index in [1.807, 2.05) is 6.20 Å². The monoisotopic (exact) mass is 942 g/mol. The van der Waals surface area contributed by atoms with Gasteiger partial charge in [-0.1, -0.05) is 200 Å². The number of phenols is 1. The highest BCUT2D eigenvalue weighted by Gasteiger charge is 2.39. The third kappa shape index (κ3) is 9.11.